The van der Waals surface area contributed by atoms with Crippen LogP contribution in [-0.2, 0) is 4.79 Å². The summed E-state index contributed by atoms with van der Waals surface area (Å²) >= 11 is 0. The molecule has 8 nitrogen and oxygen atoms in total. The van der Waals surface area contributed by atoms with E-state index in [0.29, 0.717) is 24.7 Å². The maximum absolute atomic E-state index is 14.5. The Kier molecular flexibility index (Phi) is 3.87. The van der Waals surface area contributed by atoms with Gasteiger partial charge in [0.1, 0.15) is 0 Å². The fraction of sp³-hybridized carbons (Fsp3) is 0.500. The number of nitrogens with zero attached hydrogens (tertiary/aromatic N) is 6. The van der Waals surface area contributed by atoms with Crippen molar-refractivity contribution < 1.29 is 9.18 Å². The highest BCUT2D eigenvalue weighted by atomic mass is 19.1. The number of hydrogen-bond donors (Lipinski definition) is 1. The van der Waals surface area contributed by atoms with Crippen LogP contribution in [0.3, 0.4) is 0 Å². The van der Waals surface area contributed by atoms with Gasteiger partial charge in [-0.25, -0.2) is 9.37 Å². The van der Waals surface area contributed by atoms with Gasteiger partial charge in [0, 0.05) is 31.1 Å². The molecule has 3 aliphatic rings. The minimum Gasteiger partial charge on any atom is -0.350 e. The van der Waals surface area contributed by atoms with Gasteiger partial charge in [-0.05, 0) is 31.7 Å². The van der Waals surface area contributed by atoms with E-state index in [0.717, 1.165) is 25.7 Å². The lowest BCUT2D eigenvalue weighted by Crippen LogP contribution is -2.56. The van der Waals surface area contributed by atoms with Gasteiger partial charge in [0.2, 0.25) is 11.9 Å². The van der Waals surface area contributed by atoms with E-state index in [1.54, 1.807) is 18.5 Å². The predicted molar refractivity (Wildman–Crippen MR) is 95.9 cm³/mol. The second kappa shape index (κ2) is 6.40. The van der Waals surface area contributed by atoms with E-state index in [1.807, 2.05) is 4.90 Å². The first-order chi connectivity index (χ1) is 13.2. The van der Waals surface area contributed by atoms with Gasteiger partial charge in [0.15, 0.2) is 11.6 Å². The van der Waals surface area contributed by atoms with Crippen LogP contribution in [0, 0.1) is 11.7 Å². The Bertz CT molecular complexity index is 846. The smallest absolute Gasteiger partial charge is 0.229 e. The van der Waals surface area contributed by atoms with Crippen LogP contribution in [-0.4, -0.2) is 56.1 Å². The first-order valence-corrected chi connectivity index (χ1v) is 9.32. The van der Waals surface area contributed by atoms with Gasteiger partial charge in [0.25, 0.3) is 0 Å². The summed E-state index contributed by atoms with van der Waals surface area (Å²) in [7, 11) is 0. The number of carbonyl (C=O) groups is 1. The van der Waals surface area contributed by atoms with Crippen molar-refractivity contribution in [3.05, 3.63) is 30.5 Å². The molecule has 1 N–H and O–H groups in total. The molecular weight excluding hydrogens is 349 g/mol. The molecule has 4 heterocycles. The van der Waals surface area contributed by atoms with Gasteiger partial charge in [-0.2, -0.15) is 15.2 Å². The van der Waals surface area contributed by atoms with Gasteiger partial charge >= 0.3 is 0 Å². The Balaban J connectivity index is 1.36. The zero-order valence-corrected chi connectivity index (χ0v) is 14.8. The molecule has 9 heteroatoms. The summed E-state index contributed by atoms with van der Waals surface area (Å²) in [5.74, 6) is 0.654. The van der Waals surface area contributed by atoms with Gasteiger partial charge in [-0.1, -0.05) is 0 Å². The Morgan fingerprint density at radius 1 is 1.11 bits per heavy atom. The molecule has 1 saturated carbocycles. The fourth-order valence-electron chi connectivity index (χ4n) is 4.11. The molecule has 1 amide bonds. The molecule has 27 heavy (non-hydrogen) atoms. The quantitative estimate of drug-likeness (QED) is 0.878. The topological polar surface area (TPSA) is 87.1 Å². The summed E-state index contributed by atoms with van der Waals surface area (Å²) < 4.78 is 14.5. The van der Waals surface area contributed by atoms with Crippen LogP contribution in [0.25, 0.3) is 0 Å². The van der Waals surface area contributed by atoms with E-state index >= 15 is 0 Å². The summed E-state index contributed by atoms with van der Waals surface area (Å²) in [4.78, 5) is 25.0. The highest BCUT2D eigenvalue weighted by Gasteiger charge is 2.47. The molecule has 0 aromatic carbocycles. The van der Waals surface area contributed by atoms with E-state index in [9.17, 15) is 9.18 Å². The monoisotopic (exact) mass is 369 g/mol. The lowest BCUT2D eigenvalue weighted by Gasteiger charge is -2.41. The Hall–Kier alpha value is -2.84. The van der Waals surface area contributed by atoms with E-state index in [4.69, 9.17) is 0 Å². The SMILES string of the molecule is O=C(C1CC1)N1C2CCC1CN(c1nc(Nc3ccnnc3)ncc1F)C2. The number of fused-ring (bicyclic) bond motifs is 2. The summed E-state index contributed by atoms with van der Waals surface area (Å²) in [5.41, 5.74) is 0.683. The summed E-state index contributed by atoms with van der Waals surface area (Å²) in [6, 6.07) is 2.03. The Labute approximate surface area is 155 Å². The normalized spacial score (nSPS) is 24.2. The van der Waals surface area contributed by atoms with Crippen molar-refractivity contribution in [1.82, 2.24) is 25.1 Å². The second-order valence-electron chi connectivity index (χ2n) is 7.43. The summed E-state index contributed by atoms with van der Waals surface area (Å²) in [6.45, 7) is 1.22. The first-order valence-electron chi connectivity index (χ1n) is 9.32. The van der Waals surface area contributed by atoms with Crippen LogP contribution in [0.5, 0.6) is 0 Å². The average Bonchev–Trinajstić information content (AvgIpc) is 3.49. The van der Waals surface area contributed by atoms with Crippen LogP contribution in [0.1, 0.15) is 25.7 Å². The van der Waals surface area contributed by atoms with Crippen molar-refractivity contribution in [2.75, 3.05) is 23.3 Å². The van der Waals surface area contributed by atoms with Crippen molar-refractivity contribution in [3.63, 3.8) is 0 Å². The number of hydrogen-bond acceptors (Lipinski definition) is 7. The molecule has 2 aliphatic heterocycles. The van der Waals surface area contributed by atoms with E-state index < -0.39 is 5.82 Å². The molecule has 2 atom stereocenters. The largest absolute Gasteiger partial charge is 0.350 e. The third-order valence-corrected chi connectivity index (χ3v) is 5.53. The lowest BCUT2D eigenvalue weighted by atomic mass is 10.1. The van der Waals surface area contributed by atoms with Crippen LogP contribution in [0.2, 0.25) is 0 Å². The van der Waals surface area contributed by atoms with Gasteiger partial charge in [0.05, 0.1) is 24.3 Å². The van der Waals surface area contributed by atoms with Crippen molar-refractivity contribution in [2.24, 2.45) is 5.92 Å². The number of amides is 1. The second-order valence-corrected chi connectivity index (χ2v) is 7.43. The highest BCUT2D eigenvalue weighted by molar-refractivity contribution is 5.82. The van der Waals surface area contributed by atoms with Gasteiger partial charge in [-0.15, -0.1) is 0 Å². The zero-order valence-electron chi connectivity index (χ0n) is 14.8. The minimum atomic E-state index is -0.449. The number of nitrogens with one attached hydrogen (secondary N) is 1. The maximum atomic E-state index is 14.5. The van der Waals surface area contributed by atoms with E-state index in [2.05, 4.69) is 30.4 Å². The Morgan fingerprint density at radius 2 is 1.89 bits per heavy atom. The number of halogens is 1. The predicted octanol–water partition coefficient (Wildman–Crippen LogP) is 1.74. The molecule has 2 bridgehead atoms. The van der Waals surface area contributed by atoms with Crippen LogP contribution < -0.4 is 10.2 Å². The van der Waals surface area contributed by atoms with Crippen molar-refractivity contribution >= 4 is 23.4 Å². The number of piperazine rings is 1. The molecule has 0 radical (unpaired) electrons. The first kappa shape index (κ1) is 16.3. The third-order valence-electron chi connectivity index (χ3n) is 5.53. The summed E-state index contributed by atoms with van der Waals surface area (Å²) in [6.07, 6.45) is 8.26. The van der Waals surface area contributed by atoms with E-state index in [1.165, 1.54) is 6.20 Å². The molecule has 3 fully saturated rings. The molecule has 0 spiro atoms. The van der Waals surface area contributed by atoms with E-state index in [-0.39, 0.29) is 29.7 Å². The molecule has 1 aliphatic carbocycles. The Morgan fingerprint density at radius 3 is 2.56 bits per heavy atom. The molecule has 140 valence electrons. The highest BCUT2D eigenvalue weighted by Crippen LogP contribution is 2.39. The molecule has 2 aromatic rings. The molecule has 2 aromatic heterocycles. The maximum Gasteiger partial charge on any atom is 0.229 e. The number of aromatic nitrogens is 4. The molecule has 2 unspecified atom stereocenters. The van der Waals surface area contributed by atoms with Crippen molar-refractivity contribution in [2.45, 2.75) is 37.8 Å². The summed E-state index contributed by atoms with van der Waals surface area (Å²) in [5, 5.41) is 10.5. The van der Waals surface area contributed by atoms with Crippen LogP contribution in [0.4, 0.5) is 21.8 Å². The molecule has 5 rings (SSSR count). The third kappa shape index (κ3) is 3.07. The van der Waals surface area contributed by atoms with Gasteiger partial charge < -0.3 is 15.1 Å². The number of rotatable bonds is 4. The van der Waals surface area contributed by atoms with Crippen molar-refractivity contribution in [3.8, 4) is 0 Å². The minimum absolute atomic E-state index is 0.145. The van der Waals surface area contributed by atoms with Crippen LogP contribution in [0.15, 0.2) is 24.7 Å². The zero-order chi connectivity index (χ0) is 18.4. The van der Waals surface area contributed by atoms with Crippen LogP contribution >= 0.6 is 0 Å². The lowest BCUT2D eigenvalue weighted by molar-refractivity contribution is -0.135. The standard InChI is InChI=1S/C18H20FN7O/c19-15-8-20-18(23-12-5-6-21-22-7-12)24-16(15)25-9-13-3-4-14(10-25)26(13)17(27)11-1-2-11/h5-8,11,13-14H,1-4,9-10H2,(H,20,21,23,24). The van der Waals surface area contributed by atoms with Crippen molar-refractivity contribution in [1.29, 1.82) is 0 Å². The molecular formula is C18H20FN7O. The number of anilines is 3. The van der Waals surface area contributed by atoms with Gasteiger partial charge in [-0.3, -0.25) is 4.79 Å². The molecule has 2 saturated heterocycles. The fourth-order valence-corrected chi connectivity index (χ4v) is 4.11. The average molecular weight is 369 g/mol. The number of carbonyl (C=O) groups excluding carboxylic acids is 1.